The lowest BCUT2D eigenvalue weighted by molar-refractivity contribution is 0.0696. The summed E-state index contributed by atoms with van der Waals surface area (Å²) < 4.78 is 0. The molecule has 0 radical (unpaired) electrons. The number of rotatable bonds is 6. The Morgan fingerprint density at radius 2 is 2.15 bits per heavy atom. The van der Waals surface area contributed by atoms with Crippen LogP contribution in [0.25, 0.3) is 0 Å². The zero-order valence-corrected chi connectivity index (χ0v) is 11.3. The Morgan fingerprint density at radius 1 is 1.30 bits per heavy atom. The summed E-state index contributed by atoms with van der Waals surface area (Å²) in [5, 5.41) is 12.2. The van der Waals surface area contributed by atoms with E-state index in [0.717, 1.165) is 24.4 Å². The second-order valence-electron chi connectivity index (χ2n) is 4.54. The fraction of sp³-hybridized carbons (Fsp3) is 0.267. The van der Waals surface area contributed by atoms with Crippen molar-refractivity contribution >= 4 is 5.97 Å². The molecular formula is C15H17N3O2. The van der Waals surface area contributed by atoms with Crippen molar-refractivity contribution in [3.63, 3.8) is 0 Å². The predicted molar refractivity (Wildman–Crippen MR) is 75.6 cm³/mol. The highest BCUT2D eigenvalue weighted by molar-refractivity contribution is 5.87. The van der Waals surface area contributed by atoms with Crippen molar-refractivity contribution in [1.29, 1.82) is 0 Å². The maximum atomic E-state index is 11.0. The van der Waals surface area contributed by atoms with Crippen LogP contribution < -0.4 is 5.32 Å². The van der Waals surface area contributed by atoms with E-state index in [9.17, 15) is 4.79 Å². The second kappa shape index (κ2) is 6.77. The molecule has 0 aromatic carbocycles. The first-order chi connectivity index (χ1) is 9.65. The normalized spacial score (nSPS) is 10.4. The molecule has 0 atom stereocenters. The van der Waals surface area contributed by atoms with Crippen molar-refractivity contribution in [1.82, 2.24) is 15.3 Å². The highest BCUT2D eigenvalue weighted by Crippen LogP contribution is 2.05. The van der Waals surface area contributed by atoms with Gasteiger partial charge in [-0.3, -0.25) is 9.97 Å². The van der Waals surface area contributed by atoms with Gasteiger partial charge in [-0.05, 0) is 31.2 Å². The molecule has 2 N–H and O–H groups in total. The first kappa shape index (κ1) is 14.1. The van der Waals surface area contributed by atoms with Gasteiger partial charge in [-0.1, -0.05) is 6.07 Å². The number of carbonyl (C=O) groups is 1. The molecule has 0 saturated heterocycles. The van der Waals surface area contributed by atoms with Gasteiger partial charge in [-0.25, -0.2) is 4.79 Å². The van der Waals surface area contributed by atoms with Crippen molar-refractivity contribution in [2.24, 2.45) is 0 Å². The number of nitrogens with zero attached hydrogens (tertiary/aromatic N) is 2. The Labute approximate surface area is 117 Å². The topological polar surface area (TPSA) is 75.1 Å². The van der Waals surface area contributed by atoms with Gasteiger partial charge in [0.25, 0.3) is 0 Å². The van der Waals surface area contributed by atoms with Crippen molar-refractivity contribution in [3.8, 4) is 0 Å². The summed E-state index contributed by atoms with van der Waals surface area (Å²) in [5.41, 5.74) is 2.76. The Balaban J connectivity index is 1.86. The van der Waals surface area contributed by atoms with Crippen molar-refractivity contribution in [2.75, 3.05) is 6.54 Å². The summed E-state index contributed by atoms with van der Waals surface area (Å²) in [6, 6.07) is 9.00. The number of aryl methyl sites for hydroxylation is 1. The zero-order chi connectivity index (χ0) is 14.4. The second-order valence-corrected chi connectivity index (χ2v) is 4.54. The number of hydrogen-bond donors (Lipinski definition) is 2. The Morgan fingerprint density at radius 3 is 2.85 bits per heavy atom. The van der Waals surface area contributed by atoms with Gasteiger partial charge in [-0.15, -0.1) is 0 Å². The van der Waals surface area contributed by atoms with E-state index in [0.29, 0.717) is 12.2 Å². The lowest BCUT2D eigenvalue weighted by atomic mass is 10.2. The largest absolute Gasteiger partial charge is 0.478 e. The molecule has 0 aliphatic rings. The fourth-order valence-corrected chi connectivity index (χ4v) is 1.93. The number of nitrogens with one attached hydrogen (secondary N) is 1. The summed E-state index contributed by atoms with van der Waals surface area (Å²) in [6.07, 6.45) is 2.61. The van der Waals surface area contributed by atoms with E-state index in [2.05, 4.69) is 15.3 Å². The lowest BCUT2D eigenvalue weighted by Gasteiger charge is -2.06. The van der Waals surface area contributed by atoms with Crippen molar-refractivity contribution in [2.45, 2.75) is 19.9 Å². The molecule has 0 bridgehead atoms. The van der Waals surface area contributed by atoms with E-state index in [1.807, 2.05) is 18.2 Å². The average Bonchev–Trinajstić information content (AvgIpc) is 2.44. The molecule has 2 heterocycles. The van der Waals surface area contributed by atoms with Crippen LogP contribution >= 0.6 is 0 Å². The number of aromatic carboxylic acids is 1. The molecule has 5 nitrogen and oxygen atoms in total. The van der Waals surface area contributed by atoms with Crippen LogP contribution in [0.15, 0.2) is 36.5 Å². The van der Waals surface area contributed by atoms with Crippen LogP contribution in [-0.2, 0) is 13.0 Å². The molecule has 0 aliphatic carbocycles. The summed E-state index contributed by atoms with van der Waals surface area (Å²) in [5.74, 6) is -0.926. The van der Waals surface area contributed by atoms with E-state index in [1.165, 1.54) is 0 Å². The molecule has 2 rings (SSSR count). The van der Waals surface area contributed by atoms with Gasteiger partial charge < -0.3 is 10.4 Å². The Bertz CT molecular complexity index is 585. The van der Waals surface area contributed by atoms with E-state index in [1.54, 1.807) is 25.3 Å². The highest BCUT2D eigenvalue weighted by Gasteiger charge is 2.06. The first-order valence-electron chi connectivity index (χ1n) is 6.46. The fourth-order valence-electron chi connectivity index (χ4n) is 1.93. The Kier molecular flexibility index (Phi) is 4.79. The van der Waals surface area contributed by atoms with Gasteiger partial charge in [0.05, 0.1) is 11.3 Å². The van der Waals surface area contributed by atoms with E-state index < -0.39 is 5.97 Å². The van der Waals surface area contributed by atoms with Crippen LogP contribution in [0.3, 0.4) is 0 Å². The monoisotopic (exact) mass is 271 g/mol. The van der Waals surface area contributed by atoms with Gasteiger partial charge >= 0.3 is 5.97 Å². The molecule has 0 amide bonds. The predicted octanol–water partition coefficient (Wildman–Crippen LogP) is 1.82. The first-order valence-corrected chi connectivity index (χ1v) is 6.46. The van der Waals surface area contributed by atoms with Crippen LogP contribution in [-0.4, -0.2) is 27.6 Å². The number of aromatic nitrogens is 2. The summed E-state index contributed by atoms with van der Waals surface area (Å²) >= 11 is 0. The van der Waals surface area contributed by atoms with Gasteiger partial charge in [0.1, 0.15) is 0 Å². The van der Waals surface area contributed by atoms with Gasteiger partial charge in [-0.2, -0.15) is 0 Å². The third-order valence-corrected chi connectivity index (χ3v) is 2.84. The molecule has 0 spiro atoms. The lowest BCUT2D eigenvalue weighted by Crippen LogP contribution is -2.18. The van der Waals surface area contributed by atoms with Crippen molar-refractivity contribution in [3.05, 3.63) is 59.2 Å². The van der Waals surface area contributed by atoms with E-state index in [-0.39, 0.29) is 5.56 Å². The van der Waals surface area contributed by atoms with Crippen LogP contribution in [0.1, 0.15) is 27.4 Å². The van der Waals surface area contributed by atoms with Crippen LogP contribution in [0.2, 0.25) is 0 Å². The number of hydrogen-bond acceptors (Lipinski definition) is 4. The van der Waals surface area contributed by atoms with Crippen LogP contribution in [0, 0.1) is 6.92 Å². The summed E-state index contributed by atoms with van der Waals surface area (Å²) in [7, 11) is 0. The third-order valence-electron chi connectivity index (χ3n) is 2.84. The van der Waals surface area contributed by atoms with Crippen LogP contribution in [0.5, 0.6) is 0 Å². The molecule has 0 unspecified atom stereocenters. The Hall–Kier alpha value is -2.27. The van der Waals surface area contributed by atoms with E-state index in [4.69, 9.17) is 5.11 Å². The van der Waals surface area contributed by atoms with Crippen molar-refractivity contribution < 1.29 is 9.90 Å². The molecule has 104 valence electrons. The number of pyridine rings is 2. The number of carboxylic acids is 1. The highest BCUT2D eigenvalue weighted by atomic mass is 16.4. The molecule has 5 heteroatoms. The third kappa shape index (κ3) is 4.13. The van der Waals surface area contributed by atoms with Gasteiger partial charge in [0.2, 0.25) is 0 Å². The maximum absolute atomic E-state index is 11.0. The number of carboxylic acid groups (broad SMARTS) is 1. The standard InChI is InChI=1S/C15H17N3O2/c1-11-8-12(15(19)20)9-14(18-11)10-16-7-5-13-4-2-3-6-17-13/h2-4,6,8-9,16H,5,7,10H2,1H3,(H,19,20). The van der Waals surface area contributed by atoms with Gasteiger partial charge in [0.15, 0.2) is 0 Å². The quantitative estimate of drug-likeness (QED) is 0.784. The zero-order valence-electron chi connectivity index (χ0n) is 11.3. The molecule has 0 fully saturated rings. The SMILES string of the molecule is Cc1cc(C(=O)O)cc(CNCCc2ccccn2)n1. The van der Waals surface area contributed by atoms with E-state index >= 15 is 0 Å². The average molecular weight is 271 g/mol. The molecule has 2 aromatic heterocycles. The minimum atomic E-state index is -0.926. The van der Waals surface area contributed by atoms with Crippen LogP contribution in [0.4, 0.5) is 0 Å². The minimum absolute atomic E-state index is 0.277. The minimum Gasteiger partial charge on any atom is -0.478 e. The maximum Gasteiger partial charge on any atom is 0.335 e. The molecule has 0 aliphatic heterocycles. The molecule has 20 heavy (non-hydrogen) atoms. The summed E-state index contributed by atoms with van der Waals surface area (Å²) in [4.78, 5) is 19.5. The van der Waals surface area contributed by atoms with Gasteiger partial charge in [0, 0.05) is 37.1 Å². The molecular weight excluding hydrogens is 254 g/mol. The molecule has 2 aromatic rings. The smallest absolute Gasteiger partial charge is 0.335 e. The summed E-state index contributed by atoms with van der Waals surface area (Å²) in [6.45, 7) is 3.12. The molecule has 0 saturated carbocycles.